The quantitative estimate of drug-likeness (QED) is 0.135. The van der Waals surface area contributed by atoms with Crippen LogP contribution in [0, 0.1) is 0 Å². The molecule has 0 saturated carbocycles. The van der Waals surface area contributed by atoms with Gasteiger partial charge in [0.2, 0.25) is 0 Å². The highest BCUT2D eigenvalue weighted by molar-refractivity contribution is 7.80. The highest BCUT2D eigenvalue weighted by Crippen LogP contribution is 1.83. The molecule has 0 spiro atoms. The van der Waals surface area contributed by atoms with Crippen molar-refractivity contribution in [3.05, 3.63) is 0 Å². The highest BCUT2D eigenvalue weighted by atomic mass is 32.1. The van der Waals surface area contributed by atoms with Crippen molar-refractivity contribution in [3.63, 3.8) is 0 Å². The molecule has 0 radical (unpaired) electrons. The minimum atomic E-state index is -1.00. The molecule has 5 N–H and O–H groups in total. The van der Waals surface area contributed by atoms with E-state index in [1.54, 1.807) is 20.9 Å². The van der Waals surface area contributed by atoms with Gasteiger partial charge in [0.15, 0.2) is 10.2 Å². The Balaban J connectivity index is 3.84. The molecule has 0 aliphatic heterocycles. The molecule has 0 aromatic rings. The lowest BCUT2D eigenvalue weighted by atomic mass is 10.3. The van der Waals surface area contributed by atoms with Crippen molar-refractivity contribution < 1.29 is 19.4 Å². The lowest BCUT2D eigenvalue weighted by molar-refractivity contribution is -0.142. The van der Waals surface area contributed by atoms with E-state index in [-0.39, 0.29) is 13.2 Å². The number of nitrogens with one attached hydrogen (secondary N) is 4. The van der Waals surface area contributed by atoms with Gasteiger partial charge < -0.3 is 25.2 Å². The Morgan fingerprint density at radius 2 is 1.56 bits per heavy atom. The molecule has 0 aliphatic rings. The van der Waals surface area contributed by atoms with E-state index in [9.17, 15) is 4.79 Å². The predicted octanol–water partition coefficient (Wildman–Crippen LogP) is -0.586. The van der Waals surface area contributed by atoms with Crippen molar-refractivity contribution in [3.8, 4) is 0 Å². The molecule has 0 bridgehead atoms. The van der Waals surface area contributed by atoms with Gasteiger partial charge in [0.05, 0.1) is 31.2 Å². The van der Waals surface area contributed by atoms with Crippen molar-refractivity contribution >= 4 is 52.1 Å². The molecule has 142 valence electrons. The molecule has 0 aliphatic carbocycles. The van der Waals surface area contributed by atoms with E-state index in [4.69, 9.17) is 39.0 Å². The molecule has 10 nitrogen and oxygen atoms in total. The second-order valence-electron chi connectivity index (χ2n) is 4.51. The minimum Gasteiger partial charge on any atom is -0.480 e. The molecule has 0 rings (SSSR count). The zero-order valence-corrected chi connectivity index (χ0v) is 16.1. The smallest absolute Gasteiger partial charge is 0.329 e. The van der Waals surface area contributed by atoms with Gasteiger partial charge in [-0.25, -0.2) is 4.79 Å². The summed E-state index contributed by atoms with van der Waals surface area (Å²) in [6, 6.07) is 0. The first-order valence-corrected chi connectivity index (χ1v) is 8.16. The number of hydrogen-bond acceptors (Lipinski definition) is 7. The second-order valence-corrected chi connectivity index (χ2v) is 5.33. The maximum absolute atomic E-state index is 10.2. The molecule has 0 fully saturated rings. The Bertz CT molecular complexity index is 513. The second kappa shape index (κ2) is 14.5. The zero-order valence-electron chi connectivity index (χ0n) is 14.4. The van der Waals surface area contributed by atoms with Crippen LogP contribution in [-0.4, -0.2) is 72.7 Å². The summed E-state index contributed by atoms with van der Waals surface area (Å²) in [5.74, 6) is -1.00. The van der Waals surface area contributed by atoms with Crippen molar-refractivity contribution in [2.45, 2.75) is 13.8 Å². The summed E-state index contributed by atoms with van der Waals surface area (Å²) in [6.45, 7) is 4.64. The molecule has 0 aromatic heterocycles. The molecule has 0 amide bonds. The number of hydrazone groups is 2. The molecular formula is C13H24N6O4S2. The normalized spacial score (nSPS) is 11.6. The maximum Gasteiger partial charge on any atom is 0.329 e. The Labute approximate surface area is 157 Å². The van der Waals surface area contributed by atoms with E-state index in [1.165, 1.54) is 0 Å². The standard InChI is InChI=1S/C13H24N6O4S2/c1-9(16-18-12(24)14-3)10(2)17-19-13(25)15-4-5-22-6-7-23-8-11(20)21/h4-8H2,1-3H3,(H,20,21)(H2,14,18,24)(H2,15,19,25)/b16-9+,17-10+. The first kappa shape index (κ1) is 23.1. The minimum absolute atomic E-state index is 0.224. The van der Waals surface area contributed by atoms with Gasteiger partial charge >= 0.3 is 5.97 Å². The first-order chi connectivity index (χ1) is 11.9. The summed E-state index contributed by atoms with van der Waals surface area (Å²) in [5.41, 5.74) is 6.65. The SMILES string of the molecule is CNC(=S)N/N=C(C)/C(C)=N/NC(=S)NCCOCCOCC(=O)O. The van der Waals surface area contributed by atoms with Crippen LogP contribution in [0.2, 0.25) is 0 Å². The fourth-order valence-electron chi connectivity index (χ4n) is 1.14. The van der Waals surface area contributed by atoms with Crippen LogP contribution in [-0.2, 0) is 14.3 Å². The molecule has 0 saturated heterocycles. The fourth-order valence-corrected chi connectivity index (χ4v) is 1.34. The van der Waals surface area contributed by atoms with E-state index < -0.39 is 5.97 Å². The predicted molar refractivity (Wildman–Crippen MR) is 104 cm³/mol. The maximum atomic E-state index is 10.2. The van der Waals surface area contributed by atoms with Gasteiger partial charge in [-0.15, -0.1) is 0 Å². The number of carbonyl (C=O) groups is 1. The number of carboxylic acids is 1. The van der Waals surface area contributed by atoms with E-state index in [2.05, 4.69) is 31.7 Å². The van der Waals surface area contributed by atoms with Crippen molar-refractivity contribution in [1.29, 1.82) is 0 Å². The van der Waals surface area contributed by atoms with Crippen LogP contribution in [0.1, 0.15) is 13.8 Å². The zero-order chi connectivity index (χ0) is 19.1. The van der Waals surface area contributed by atoms with Gasteiger partial charge in [0.1, 0.15) is 6.61 Å². The molecule has 25 heavy (non-hydrogen) atoms. The van der Waals surface area contributed by atoms with Gasteiger partial charge in [-0.3, -0.25) is 10.9 Å². The van der Waals surface area contributed by atoms with E-state index in [1.807, 2.05) is 0 Å². The van der Waals surface area contributed by atoms with E-state index in [0.29, 0.717) is 41.4 Å². The van der Waals surface area contributed by atoms with Crippen LogP contribution in [0.3, 0.4) is 0 Å². The van der Waals surface area contributed by atoms with E-state index >= 15 is 0 Å². The van der Waals surface area contributed by atoms with Gasteiger partial charge in [-0.1, -0.05) is 0 Å². The molecular weight excluding hydrogens is 368 g/mol. The van der Waals surface area contributed by atoms with E-state index in [0.717, 1.165) is 0 Å². The number of ether oxygens (including phenoxy) is 2. The van der Waals surface area contributed by atoms with Crippen LogP contribution in [0.5, 0.6) is 0 Å². The molecule has 0 unspecified atom stereocenters. The number of hydrogen-bond donors (Lipinski definition) is 5. The van der Waals surface area contributed by atoms with Crippen LogP contribution in [0.15, 0.2) is 10.2 Å². The summed E-state index contributed by atoms with van der Waals surface area (Å²) in [7, 11) is 1.69. The molecule has 0 aromatic carbocycles. The van der Waals surface area contributed by atoms with Crippen molar-refractivity contribution in [2.24, 2.45) is 10.2 Å². The summed E-state index contributed by atoms with van der Waals surface area (Å²) in [6.07, 6.45) is 0. The number of nitrogens with zero attached hydrogens (tertiary/aromatic N) is 2. The van der Waals surface area contributed by atoms with Gasteiger partial charge in [0.25, 0.3) is 0 Å². The Kier molecular flexibility index (Phi) is 13.4. The lowest BCUT2D eigenvalue weighted by Gasteiger charge is -2.09. The van der Waals surface area contributed by atoms with Gasteiger partial charge in [-0.05, 0) is 38.3 Å². The number of aliphatic carboxylic acids is 1. The van der Waals surface area contributed by atoms with Gasteiger partial charge in [0, 0.05) is 13.6 Å². The third kappa shape index (κ3) is 14.2. The van der Waals surface area contributed by atoms with Crippen LogP contribution < -0.4 is 21.5 Å². The number of rotatable bonds is 11. The van der Waals surface area contributed by atoms with Crippen molar-refractivity contribution in [2.75, 3.05) is 40.0 Å². The van der Waals surface area contributed by atoms with Crippen LogP contribution >= 0.6 is 24.4 Å². The average molecular weight is 393 g/mol. The summed E-state index contributed by atoms with van der Waals surface area (Å²) >= 11 is 9.98. The van der Waals surface area contributed by atoms with Crippen molar-refractivity contribution in [1.82, 2.24) is 21.5 Å². The molecule has 0 heterocycles. The topological polar surface area (TPSA) is 129 Å². The average Bonchev–Trinajstić information content (AvgIpc) is 2.58. The monoisotopic (exact) mass is 392 g/mol. The van der Waals surface area contributed by atoms with Crippen LogP contribution in [0.4, 0.5) is 0 Å². The summed E-state index contributed by atoms with van der Waals surface area (Å²) < 4.78 is 10.1. The van der Waals surface area contributed by atoms with Gasteiger partial charge in [-0.2, -0.15) is 10.2 Å². The Morgan fingerprint density at radius 1 is 1.00 bits per heavy atom. The number of thiocarbonyl (C=S) groups is 2. The summed E-state index contributed by atoms with van der Waals surface area (Å²) in [5, 5.41) is 22.9. The highest BCUT2D eigenvalue weighted by Gasteiger charge is 2.00. The third-order valence-corrected chi connectivity index (χ3v) is 3.06. The third-order valence-electron chi connectivity index (χ3n) is 2.53. The number of carboxylic acid groups (broad SMARTS) is 1. The molecule has 0 atom stereocenters. The summed E-state index contributed by atoms with van der Waals surface area (Å²) in [4.78, 5) is 10.2. The fraction of sp³-hybridized carbons (Fsp3) is 0.615. The largest absolute Gasteiger partial charge is 0.480 e. The lowest BCUT2D eigenvalue weighted by Crippen LogP contribution is -2.35. The van der Waals surface area contributed by atoms with Crippen LogP contribution in [0.25, 0.3) is 0 Å². The molecule has 12 heteroatoms. The Hall–Kier alpha value is -1.89. The first-order valence-electron chi connectivity index (χ1n) is 7.34. The Morgan fingerprint density at radius 3 is 2.12 bits per heavy atom.